The molecule has 0 aliphatic carbocycles. The fourth-order valence-electron chi connectivity index (χ4n) is 4.39. The number of piperazine rings is 1. The Morgan fingerprint density at radius 2 is 1.57 bits per heavy atom. The van der Waals surface area contributed by atoms with Crippen molar-refractivity contribution in [3.05, 3.63) is 94.9 Å². The molecular weight excluding hydrogens is 570 g/mol. The van der Waals surface area contributed by atoms with Gasteiger partial charge in [0.2, 0.25) is 15.0 Å². The van der Waals surface area contributed by atoms with Crippen molar-refractivity contribution in [2.75, 3.05) is 36.0 Å². The molecule has 0 atom stereocenters. The summed E-state index contributed by atoms with van der Waals surface area (Å²) in [6.07, 6.45) is -3.24. The summed E-state index contributed by atoms with van der Waals surface area (Å²) in [5, 5.41) is -0.577. The summed E-state index contributed by atoms with van der Waals surface area (Å²) in [7, 11) is -4.00. The minimum Gasteiger partial charge on any atom is -0.353 e. The van der Waals surface area contributed by atoms with Crippen LogP contribution in [0.3, 0.4) is 0 Å². The fourth-order valence-corrected chi connectivity index (χ4v) is 5.80. The highest BCUT2D eigenvalue weighted by atomic mass is 35.5. The van der Waals surface area contributed by atoms with Gasteiger partial charge in [-0.15, -0.1) is 0 Å². The van der Waals surface area contributed by atoms with Crippen LogP contribution < -0.4 is 9.80 Å². The molecule has 1 aliphatic heterocycles. The standard InChI is InChI=1S/C27H22ClF4N5O2S/c28-21-15-19(8-9-22(21)29)23-16-24(35-26(34-23)40(38,39)17-18-5-2-1-3-6-18)36-11-13-37(14-12-36)25-20(27(30,31)32)7-4-10-33-25/h1-10,15-16H,11-14,17H2. The predicted molar refractivity (Wildman–Crippen MR) is 143 cm³/mol. The molecule has 0 amide bonds. The molecule has 0 saturated carbocycles. The Bertz CT molecular complexity index is 1630. The molecule has 40 heavy (non-hydrogen) atoms. The average molecular weight is 592 g/mol. The highest BCUT2D eigenvalue weighted by Crippen LogP contribution is 2.36. The first-order valence-corrected chi connectivity index (χ1v) is 14.2. The third-order valence-electron chi connectivity index (χ3n) is 6.38. The van der Waals surface area contributed by atoms with Crippen molar-refractivity contribution in [3.8, 4) is 11.3 Å². The Balaban J connectivity index is 1.48. The summed E-state index contributed by atoms with van der Waals surface area (Å²) in [5.74, 6) is -0.867. The van der Waals surface area contributed by atoms with E-state index in [4.69, 9.17) is 11.6 Å². The quantitative estimate of drug-likeness (QED) is 0.212. The van der Waals surface area contributed by atoms with E-state index in [-0.39, 0.29) is 54.3 Å². The summed E-state index contributed by atoms with van der Waals surface area (Å²) in [6.45, 7) is 0.862. The summed E-state index contributed by atoms with van der Waals surface area (Å²) in [4.78, 5) is 15.9. The van der Waals surface area contributed by atoms with Crippen LogP contribution in [-0.2, 0) is 21.8 Å². The molecule has 2 aromatic heterocycles. The van der Waals surface area contributed by atoms with Crippen molar-refractivity contribution in [2.24, 2.45) is 0 Å². The van der Waals surface area contributed by atoms with E-state index in [2.05, 4.69) is 15.0 Å². The highest BCUT2D eigenvalue weighted by Gasteiger charge is 2.36. The number of hydrogen-bond donors (Lipinski definition) is 0. The molecule has 0 bridgehead atoms. The Labute approximate surface area is 233 Å². The van der Waals surface area contributed by atoms with Gasteiger partial charge in [-0.05, 0) is 35.9 Å². The van der Waals surface area contributed by atoms with Gasteiger partial charge in [0.1, 0.15) is 17.5 Å². The fraction of sp³-hybridized carbons (Fsp3) is 0.222. The van der Waals surface area contributed by atoms with Gasteiger partial charge in [-0.2, -0.15) is 13.2 Å². The number of rotatable bonds is 6. The minimum absolute atomic E-state index is 0.157. The molecule has 2 aromatic carbocycles. The van der Waals surface area contributed by atoms with Crippen molar-refractivity contribution >= 4 is 33.1 Å². The third kappa shape index (κ3) is 6.02. The molecule has 0 spiro atoms. The van der Waals surface area contributed by atoms with Crippen LogP contribution in [0.25, 0.3) is 11.3 Å². The molecule has 13 heteroatoms. The first kappa shape index (κ1) is 27.8. The number of aromatic nitrogens is 3. The first-order valence-electron chi connectivity index (χ1n) is 12.1. The molecule has 3 heterocycles. The molecule has 7 nitrogen and oxygen atoms in total. The number of nitrogens with zero attached hydrogens (tertiary/aromatic N) is 5. The van der Waals surface area contributed by atoms with Crippen molar-refractivity contribution < 1.29 is 26.0 Å². The Morgan fingerprint density at radius 1 is 0.875 bits per heavy atom. The topological polar surface area (TPSA) is 79.3 Å². The predicted octanol–water partition coefficient (Wildman–Crippen LogP) is 5.65. The molecule has 1 saturated heterocycles. The summed E-state index contributed by atoms with van der Waals surface area (Å²) < 4.78 is 81.1. The summed E-state index contributed by atoms with van der Waals surface area (Å²) in [5.41, 5.74) is 0.320. The van der Waals surface area contributed by atoms with Gasteiger partial charge in [-0.25, -0.2) is 27.8 Å². The molecular formula is C27H22ClF4N5O2S. The zero-order chi connectivity index (χ0) is 28.5. The number of hydrogen-bond acceptors (Lipinski definition) is 7. The number of halogens is 5. The van der Waals surface area contributed by atoms with Crippen LogP contribution in [0.4, 0.5) is 29.2 Å². The van der Waals surface area contributed by atoms with Gasteiger partial charge in [0, 0.05) is 44.0 Å². The second-order valence-electron chi connectivity index (χ2n) is 9.11. The van der Waals surface area contributed by atoms with Gasteiger partial charge >= 0.3 is 6.18 Å². The smallest absolute Gasteiger partial charge is 0.353 e. The largest absolute Gasteiger partial charge is 0.419 e. The van der Waals surface area contributed by atoms with Gasteiger partial charge in [-0.1, -0.05) is 41.9 Å². The maximum Gasteiger partial charge on any atom is 0.419 e. The first-order chi connectivity index (χ1) is 19.0. The van der Waals surface area contributed by atoms with E-state index in [0.29, 0.717) is 11.1 Å². The van der Waals surface area contributed by atoms with Gasteiger partial charge < -0.3 is 9.80 Å². The van der Waals surface area contributed by atoms with Gasteiger partial charge in [0.15, 0.2) is 0 Å². The lowest BCUT2D eigenvalue weighted by Crippen LogP contribution is -2.47. The van der Waals surface area contributed by atoms with Gasteiger partial charge in [0.25, 0.3) is 0 Å². The van der Waals surface area contributed by atoms with E-state index in [1.807, 2.05) is 0 Å². The summed E-state index contributed by atoms with van der Waals surface area (Å²) >= 11 is 5.97. The van der Waals surface area contributed by atoms with Crippen molar-refractivity contribution in [2.45, 2.75) is 17.1 Å². The van der Waals surface area contributed by atoms with Crippen LogP contribution in [0.15, 0.2) is 78.1 Å². The number of anilines is 2. The van der Waals surface area contributed by atoms with Crippen molar-refractivity contribution in [1.29, 1.82) is 0 Å². The molecule has 1 fully saturated rings. The molecule has 0 radical (unpaired) electrons. The lowest BCUT2D eigenvalue weighted by Gasteiger charge is -2.37. The lowest BCUT2D eigenvalue weighted by molar-refractivity contribution is -0.137. The second-order valence-corrected chi connectivity index (χ2v) is 11.4. The number of pyridine rings is 1. The maximum atomic E-state index is 13.8. The Kier molecular flexibility index (Phi) is 7.65. The van der Waals surface area contributed by atoms with E-state index >= 15 is 0 Å². The summed E-state index contributed by atoms with van der Waals surface area (Å²) in [6, 6.07) is 16.3. The molecule has 1 aliphatic rings. The van der Waals surface area contributed by atoms with Gasteiger partial charge in [-0.3, -0.25) is 0 Å². The average Bonchev–Trinajstić information content (AvgIpc) is 2.94. The monoisotopic (exact) mass is 591 g/mol. The number of alkyl halides is 3. The molecule has 208 valence electrons. The zero-order valence-corrected chi connectivity index (χ0v) is 22.4. The lowest BCUT2D eigenvalue weighted by atomic mass is 10.1. The molecule has 5 rings (SSSR count). The van der Waals surface area contributed by atoms with Crippen LogP contribution in [0, 0.1) is 5.82 Å². The number of sulfone groups is 1. The van der Waals surface area contributed by atoms with E-state index in [9.17, 15) is 26.0 Å². The van der Waals surface area contributed by atoms with E-state index in [1.165, 1.54) is 29.3 Å². The van der Waals surface area contributed by atoms with Crippen molar-refractivity contribution in [1.82, 2.24) is 15.0 Å². The third-order valence-corrected chi connectivity index (χ3v) is 8.12. The van der Waals surface area contributed by atoms with E-state index in [0.717, 1.165) is 12.1 Å². The molecule has 4 aromatic rings. The van der Waals surface area contributed by atoms with Crippen LogP contribution in [0.2, 0.25) is 5.02 Å². The molecule has 0 N–H and O–H groups in total. The minimum atomic E-state index is -4.55. The van der Waals surface area contributed by atoms with E-state index in [1.54, 1.807) is 41.3 Å². The highest BCUT2D eigenvalue weighted by molar-refractivity contribution is 7.90. The molecule has 0 unspecified atom stereocenters. The Hall–Kier alpha value is -3.77. The SMILES string of the molecule is O=S(=O)(Cc1ccccc1)c1nc(-c2ccc(F)c(Cl)c2)cc(N2CCN(c3ncccc3C(F)(F)F)CC2)n1. The van der Waals surface area contributed by atoms with Crippen LogP contribution >= 0.6 is 11.6 Å². The Morgan fingerprint density at radius 3 is 2.25 bits per heavy atom. The maximum absolute atomic E-state index is 13.8. The van der Waals surface area contributed by atoms with Crippen LogP contribution in [0.5, 0.6) is 0 Å². The normalized spacial score (nSPS) is 14.4. The van der Waals surface area contributed by atoms with Crippen LogP contribution in [0.1, 0.15) is 11.1 Å². The van der Waals surface area contributed by atoms with Crippen molar-refractivity contribution in [3.63, 3.8) is 0 Å². The van der Waals surface area contributed by atoms with Gasteiger partial charge in [0.05, 0.1) is 22.0 Å². The van der Waals surface area contributed by atoms with E-state index < -0.39 is 32.6 Å². The zero-order valence-electron chi connectivity index (χ0n) is 20.8. The van der Waals surface area contributed by atoms with Crippen LogP contribution in [-0.4, -0.2) is 49.5 Å². The number of benzene rings is 2. The second kappa shape index (κ2) is 11.0.